The Morgan fingerprint density at radius 3 is 2.62 bits per heavy atom. The monoisotopic (exact) mass is 196 g/mol. The zero-order valence-electron chi connectivity index (χ0n) is 7.36. The molecule has 0 aliphatic heterocycles. The quantitative estimate of drug-likeness (QED) is 0.330. The number of nitrogens with two attached hydrogens (primary N) is 1. The summed E-state index contributed by atoms with van der Waals surface area (Å²) >= 11 is 1.48. The highest BCUT2D eigenvalue weighted by Gasteiger charge is 2.11. The van der Waals surface area contributed by atoms with Crippen LogP contribution in [0.5, 0.6) is 0 Å². The van der Waals surface area contributed by atoms with E-state index in [1.165, 1.54) is 11.8 Å². The third-order valence-electron chi connectivity index (χ3n) is 1.57. The lowest BCUT2D eigenvalue weighted by Gasteiger charge is -2.08. The third kappa shape index (κ3) is 3.08. The summed E-state index contributed by atoms with van der Waals surface area (Å²) in [6.07, 6.45) is 0. The van der Waals surface area contributed by atoms with Gasteiger partial charge in [0.2, 0.25) is 5.91 Å². The van der Waals surface area contributed by atoms with Gasteiger partial charge < -0.3 is 0 Å². The molecule has 0 bridgehead atoms. The molecule has 0 saturated carbocycles. The van der Waals surface area contributed by atoms with Gasteiger partial charge in [0.05, 0.1) is 5.25 Å². The van der Waals surface area contributed by atoms with Gasteiger partial charge in [0.1, 0.15) is 0 Å². The Labute approximate surface area is 81.7 Å². The number of amides is 1. The maximum atomic E-state index is 11.1. The molecule has 1 aromatic rings. The maximum Gasteiger partial charge on any atom is 0.247 e. The van der Waals surface area contributed by atoms with Crippen molar-refractivity contribution in [2.75, 3.05) is 0 Å². The number of hydrogen-bond acceptors (Lipinski definition) is 3. The van der Waals surface area contributed by atoms with Crippen molar-refractivity contribution in [3.05, 3.63) is 30.3 Å². The van der Waals surface area contributed by atoms with Crippen molar-refractivity contribution >= 4 is 17.7 Å². The minimum Gasteiger partial charge on any atom is -0.293 e. The second kappa shape index (κ2) is 4.89. The van der Waals surface area contributed by atoms with E-state index < -0.39 is 0 Å². The normalized spacial score (nSPS) is 12.2. The van der Waals surface area contributed by atoms with Crippen LogP contribution in [0.15, 0.2) is 35.2 Å². The Kier molecular flexibility index (Phi) is 3.79. The van der Waals surface area contributed by atoms with Crippen LogP contribution < -0.4 is 11.3 Å². The van der Waals surface area contributed by atoms with Gasteiger partial charge in [-0.15, -0.1) is 11.8 Å². The average Bonchev–Trinajstić information content (AvgIpc) is 2.18. The second-order valence-electron chi connectivity index (χ2n) is 2.58. The molecular weight excluding hydrogens is 184 g/mol. The Morgan fingerprint density at radius 1 is 1.46 bits per heavy atom. The van der Waals surface area contributed by atoms with Crippen LogP contribution >= 0.6 is 11.8 Å². The van der Waals surface area contributed by atoms with Crippen LogP contribution in [0, 0.1) is 0 Å². The molecule has 1 unspecified atom stereocenters. The van der Waals surface area contributed by atoms with E-state index in [0.717, 1.165) is 4.90 Å². The Bertz CT molecular complexity index is 276. The van der Waals surface area contributed by atoms with Crippen molar-refractivity contribution in [3.63, 3.8) is 0 Å². The second-order valence-corrected chi connectivity index (χ2v) is 4.00. The molecule has 70 valence electrons. The number of carbonyl (C=O) groups is 1. The van der Waals surface area contributed by atoms with E-state index in [1.807, 2.05) is 37.3 Å². The van der Waals surface area contributed by atoms with Crippen molar-refractivity contribution in [3.8, 4) is 0 Å². The molecule has 3 nitrogen and oxygen atoms in total. The first-order valence-electron chi connectivity index (χ1n) is 3.96. The zero-order chi connectivity index (χ0) is 9.68. The van der Waals surface area contributed by atoms with E-state index in [4.69, 9.17) is 5.84 Å². The van der Waals surface area contributed by atoms with Crippen LogP contribution in [-0.4, -0.2) is 11.2 Å². The fourth-order valence-corrected chi connectivity index (χ4v) is 1.77. The Hall–Kier alpha value is -1.00. The van der Waals surface area contributed by atoms with Crippen molar-refractivity contribution < 1.29 is 4.79 Å². The lowest BCUT2D eigenvalue weighted by molar-refractivity contribution is -0.120. The number of nitrogens with one attached hydrogen (secondary N) is 1. The van der Waals surface area contributed by atoms with E-state index >= 15 is 0 Å². The lowest BCUT2D eigenvalue weighted by atomic mass is 10.4. The predicted octanol–water partition coefficient (Wildman–Crippen LogP) is 1.16. The first kappa shape index (κ1) is 10.1. The van der Waals surface area contributed by atoms with E-state index in [2.05, 4.69) is 5.43 Å². The van der Waals surface area contributed by atoms with Gasteiger partial charge in [0, 0.05) is 4.90 Å². The molecule has 1 atom stereocenters. The first-order valence-corrected chi connectivity index (χ1v) is 4.84. The summed E-state index contributed by atoms with van der Waals surface area (Å²) in [5, 5.41) is -0.160. The molecule has 0 aliphatic carbocycles. The summed E-state index contributed by atoms with van der Waals surface area (Å²) < 4.78 is 0. The first-order chi connectivity index (χ1) is 6.24. The topological polar surface area (TPSA) is 55.1 Å². The third-order valence-corrected chi connectivity index (χ3v) is 2.68. The zero-order valence-corrected chi connectivity index (χ0v) is 8.17. The summed E-state index contributed by atoms with van der Waals surface area (Å²) in [4.78, 5) is 12.1. The molecule has 0 aromatic heterocycles. The van der Waals surface area contributed by atoms with E-state index in [9.17, 15) is 4.79 Å². The molecule has 1 rings (SSSR count). The van der Waals surface area contributed by atoms with E-state index in [0.29, 0.717) is 0 Å². The summed E-state index contributed by atoms with van der Waals surface area (Å²) in [7, 11) is 0. The molecule has 4 heteroatoms. The molecule has 3 N–H and O–H groups in total. The minimum absolute atomic E-state index is 0.158. The van der Waals surface area contributed by atoms with Gasteiger partial charge in [0.25, 0.3) is 0 Å². The van der Waals surface area contributed by atoms with Gasteiger partial charge in [-0.3, -0.25) is 10.2 Å². The summed E-state index contributed by atoms with van der Waals surface area (Å²) in [5.74, 6) is 4.86. The van der Waals surface area contributed by atoms with Gasteiger partial charge in [0.15, 0.2) is 0 Å². The van der Waals surface area contributed by atoms with E-state index in [1.54, 1.807) is 0 Å². The number of hydrazine groups is 1. The molecule has 0 spiro atoms. The van der Waals surface area contributed by atoms with Crippen LogP contribution in [0.25, 0.3) is 0 Å². The summed E-state index contributed by atoms with van der Waals surface area (Å²) in [6.45, 7) is 1.82. The molecular formula is C9H12N2OS. The summed E-state index contributed by atoms with van der Waals surface area (Å²) in [6, 6.07) is 9.75. The number of hydrogen-bond donors (Lipinski definition) is 2. The summed E-state index contributed by atoms with van der Waals surface area (Å²) in [5.41, 5.74) is 2.13. The van der Waals surface area contributed by atoms with Gasteiger partial charge >= 0.3 is 0 Å². The molecule has 1 amide bonds. The van der Waals surface area contributed by atoms with Gasteiger partial charge in [-0.05, 0) is 19.1 Å². The smallest absolute Gasteiger partial charge is 0.247 e. The van der Waals surface area contributed by atoms with E-state index in [-0.39, 0.29) is 11.2 Å². The number of rotatable bonds is 3. The Balaban J connectivity index is 2.55. The molecule has 0 heterocycles. The van der Waals surface area contributed by atoms with Crippen molar-refractivity contribution in [1.82, 2.24) is 5.43 Å². The standard InChI is InChI=1S/C9H12N2OS/c1-7(9(12)11-10)13-8-5-3-2-4-6-8/h2-7H,10H2,1H3,(H,11,12). The van der Waals surface area contributed by atoms with Crippen molar-refractivity contribution in [2.24, 2.45) is 5.84 Å². The van der Waals surface area contributed by atoms with Crippen LogP contribution in [-0.2, 0) is 4.79 Å². The minimum atomic E-state index is -0.160. The molecule has 1 aromatic carbocycles. The highest BCUT2D eigenvalue weighted by Crippen LogP contribution is 2.22. The fourth-order valence-electron chi connectivity index (χ4n) is 0.874. The number of thioether (sulfide) groups is 1. The van der Waals surface area contributed by atoms with Crippen LogP contribution in [0.2, 0.25) is 0 Å². The van der Waals surface area contributed by atoms with Crippen LogP contribution in [0.4, 0.5) is 0 Å². The largest absolute Gasteiger partial charge is 0.293 e. The molecule has 0 radical (unpaired) electrons. The Morgan fingerprint density at radius 2 is 2.08 bits per heavy atom. The van der Waals surface area contributed by atoms with Gasteiger partial charge in [-0.25, -0.2) is 5.84 Å². The number of benzene rings is 1. The SMILES string of the molecule is CC(Sc1ccccc1)C(=O)NN. The van der Waals surface area contributed by atoms with Crippen molar-refractivity contribution in [1.29, 1.82) is 0 Å². The van der Waals surface area contributed by atoms with Gasteiger partial charge in [-0.2, -0.15) is 0 Å². The number of carbonyl (C=O) groups excluding carboxylic acids is 1. The molecule has 13 heavy (non-hydrogen) atoms. The predicted molar refractivity (Wildman–Crippen MR) is 54.1 cm³/mol. The molecule has 0 aliphatic rings. The highest BCUT2D eigenvalue weighted by molar-refractivity contribution is 8.00. The lowest BCUT2D eigenvalue weighted by Crippen LogP contribution is -2.36. The fraction of sp³-hybridized carbons (Fsp3) is 0.222. The van der Waals surface area contributed by atoms with Crippen LogP contribution in [0.3, 0.4) is 0 Å². The highest BCUT2D eigenvalue weighted by atomic mass is 32.2. The molecule has 0 fully saturated rings. The maximum absolute atomic E-state index is 11.1. The average molecular weight is 196 g/mol. The van der Waals surface area contributed by atoms with Crippen molar-refractivity contribution in [2.45, 2.75) is 17.1 Å². The van der Waals surface area contributed by atoms with Crippen LogP contribution in [0.1, 0.15) is 6.92 Å². The van der Waals surface area contributed by atoms with Gasteiger partial charge in [-0.1, -0.05) is 18.2 Å². The molecule has 0 saturated heterocycles.